The van der Waals surface area contributed by atoms with Crippen molar-refractivity contribution >= 4 is 21.4 Å². The Morgan fingerprint density at radius 3 is 2.52 bits per heavy atom. The van der Waals surface area contributed by atoms with Crippen molar-refractivity contribution in [2.75, 3.05) is 37.8 Å². The summed E-state index contributed by atoms with van der Waals surface area (Å²) in [6, 6.07) is 6.25. The molecule has 0 spiro atoms. The van der Waals surface area contributed by atoms with Crippen molar-refractivity contribution in [2.24, 2.45) is 0 Å². The lowest BCUT2D eigenvalue weighted by Crippen LogP contribution is -2.27. The Labute approximate surface area is 172 Å². The molecule has 0 aliphatic carbocycles. The highest BCUT2D eigenvalue weighted by Gasteiger charge is 2.08. The number of carbonyl (C=O) groups is 1. The number of anilines is 1. The monoisotopic (exact) mass is 422 g/mol. The van der Waals surface area contributed by atoms with E-state index in [1.54, 1.807) is 18.3 Å². The van der Waals surface area contributed by atoms with E-state index in [0.717, 1.165) is 32.4 Å². The van der Waals surface area contributed by atoms with Crippen molar-refractivity contribution in [3.05, 3.63) is 36.7 Å². The second-order valence-corrected chi connectivity index (χ2v) is 8.78. The van der Waals surface area contributed by atoms with E-state index in [0.29, 0.717) is 30.9 Å². The van der Waals surface area contributed by atoms with Crippen molar-refractivity contribution < 1.29 is 17.9 Å². The molecule has 0 atom stereocenters. The lowest BCUT2D eigenvalue weighted by atomic mass is 10.3. The van der Waals surface area contributed by atoms with Crippen LogP contribution in [-0.2, 0) is 21.2 Å². The van der Waals surface area contributed by atoms with Gasteiger partial charge in [-0.3, -0.25) is 9.48 Å². The predicted molar refractivity (Wildman–Crippen MR) is 113 cm³/mol. The zero-order valence-corrected chi connectivity index (χ0v) is 18.1. The molecule has 1 heterocycles. The molecule has 29 heavy (non-hydrogen) atoms. The Morgan fingerprint density at radius 2 is 1.90 bits per heavy atom. The zero-order valence-electron chi connectivity index (χ0n) is 17.3. The number of amides is 1. The van der Waals surface area contributed by atoms with Gasteiger partial charge in [-0.2, -0.15) is 5.10 Å². The van der Waals surface area contributed by atoms with Crippen LogP contribution < -0.4 is 10.1 Å². The van der Waals surface area contributed by atoms with Crippen LogP contribution in [0, 0.1) is 0 Å². The molecular formula is C20H30N4O4S. The molecule has 0 bridgehead atoms. The fourth-order valence-corrected chi connectivity index (χ4v) is 3.39. The van der Waals surface area contributed by atoms with Gasteiger partial charge in [0.2, 0.25) is 5.91 Å². The first-order valence-electron chi connectivity index (χ1n) is 9.79. The molecule has 0 unspecified atom stereocenters. The van der Waals surface area contributed by atoms with E-state index in [-0.39, 0.29) is 10.8 Å². The number of benzene rings is 1. The number of nitrogens with one attached hydrogen (secondary N) is 1. The average Bonchev–Trinajstić information content (AvgIpc) is 3.13. The summed E-state index contributed by atoms with van der Waals surface area (Å²) in [7, 11) is -3.21. The predicted octanol–water partition coefficient (Wildman–Crippen LogP) is 2.43. The van der Waals surface area contributed by atoms with Crippen molar-refractivity contribution in [1.29, 1.82) is 0 Å². The first-order valence-corrected chi connectivity index (χ1v) is 11.7. The lowest BCUT2D eigenvalue weighted by molar-refractivity contribution is -0.116. The Kier molecular flexibility index (Phi) is 8.66. The van der Waals surface area contributed by atoms with E-state index >= 15 is 0 Å². The molecule has 0 saturated carbocycles. The SMILES string of the molecule is CCN(CC)CCn1cc(NC(=O)CCCOc2ccc(S(C)(=O)=O)cc2)cn1. The molecule has 0 radical (unpaired) electrons. The molecule has 160 valence electrons. The topological polar surface area (TPSA) is 93.5 Å². The highest BCUT2D eigenvalue weighted by molar-refractivity contribution is 7.90. The average molecular weight is 423 g/mol. The summed E-state index contributed by atoms with van der Waals surface area (Å²) in [6.07, 6.45) is 5.53. The molecule has 0 aliphatic rings. The highest BCUT2D eigenvalue weighted by atomic mass is 32.2. The number of likely N-dealkylation sites (N-methyl/N-ethyl adjacent to an activating group) is 1. The van der Waals surface area contributed by atoms with Crippen LogP contribution in [0.3, 0.4) is 0 Å². The van der Waals surface area contributed by atoms with Gasteiger partial charge < -0.3 is 15.0 Å². The maximum Gasteiger partial charge on any atom is 0.224 e. The van der Waals surface area contributed by atoms with Gasteiger partial charge in [0, 0.05) is 25.4 Å². The fraction of sp³-hybridized carbons (Fsp3) is 0.500. The van der Waals surface area contributed by atoms with Crippen LogP contribution >= 0.6 is 0 Å². The highest BCUT2D eigenvalue weighted by Crippen LogP contribution is 2.16. The smallest absolute Gasteiger partial charge is 0.224 e. The van der Waals surface area contributed by atoms with Crippen LogP contribution in [0.2, 0.25) is 0 Å². The number of rotatable bonds is 12. The third-order valence-corrected chi connectivity index (χ3v) is 5.65. The quantitative estimate of drug-likeness (QED) is 0.528. The number of aromatic nitrogens is 2. The molecule has 1 aromatic carbocycles. The molecule has 0 fully saturated rings. The van der Waals surface area contributed by atoms with E-state index in [9.17, 15) is 13.2 Å². The first-order chi connectivity index (χ1) is 13.8. The molecular weight excluding hydrogens is 392 g/mol. The summed E-state index contributed by atoms with van der Waals surface area (Å²) in [6.45, 7) is 8.35. The van der Waals surface area contributed by atoms with Crippen molar-refractivity contribution in [2.45, 2.75) is 38.1 Å². The summed E-state index contributed by atoms with van der Waals surface area (Å²) in [4.78, 5) is 14.6. The van der Waals surface area contributed by atoms with Gasteiger partial charge in [-0.05, 0) is 43.8 Å². The van der Waals surface area contributed by atoms with Crippen LogP contribution in [-0.4, -0.2) is 61.5 Å². The maximum atomic E-state index is 12.1. The summed E-state index contributed by atoms with van der Waals surface area (Å²) >= 11 is 0. The molecule has 1 amide bonds. The van der Waals surface area contributed by atoms with Crippen LogP contribution in [0.5, 0.6) is 5.75 Å². The van der Waals surface area contributed by atoms with Gasteiger partial charge in [0.25, 0.3) is 0 Å². The number of sulfone groups is 1. The van der Waals surface area contributed by atoms with Gasteiger partial charge in [0.15, 0.2) is 9.84 Å². The Bertz CT molecular complexity index is 874. The third-order valence-electron chi connectivity index (χ3n) is 4.53. The number of hydrogen-bond donors (Lipinski definition) is 1. The summed E-state index contributed by atoms with van der Waals surface area (Å²) < 4.78 is 30.3. The molecule has 1 aromatic heterocycles. The van der Waals surface area contributed by atoms with E-state index < -0.39 is 9.84 Å². The van der Waals surface area contributed by atoms with Crippen LogP contribution in [0.4, 0.5) is 5.69 Å². The van der Waals surface area contributed by atoms with Gasteiger partial charge in [0.05, 0.1) is 29.9 Å². The third kappa shape index (κ3) is 7.86. The van der Waals surface area contributed by atoms with Crippen LogP contribution in [0.15, 0.2) is 41.6 Å². The molecule has 9 heteroatoms. The van der Waals surface area contributed by atoms with Crippen molar-refractivity contribution in [3.63, 3.8) is 0 Å². The molecule has 8 nitrogen and oxygen atoms in total. The number of nitrogens with zero attached hydrogens (tertiary/aromatic N) is 3. The minimum atomic E-state index is -3.21. The molecule has 2 aromatic rings. The minimum Gasteiger partial charge on any atom is -0.494 e. The Balaban J connectivity index is 1.68. The molecule has 0 saturated heterocycles. The van der Waals surface area contributed by atoms with Gasteiger partial charge >= 0.3 is 0 Å². The fourth-order valence-electron chi connectivity index (χ4n) is 2.76. The van der Waals surface area contributed by atoms with Gasteiger partial charge in [-0.25, -0.2) is 8.42 Å². The molecule has 0 aliphatic heterocycles. The van der Waals surface area contributed by atoms with E-state index in [1.807, 2.05) is 10.9 Å². The molecule has 1 N–H and O–H groups in total. The van der Waals surface area contributed by atoms with Gasteiger partial charge in [-0.15, -0.1) is 0 Å². The van der Waals surface area contributed by atoms with Crippen LogP contribution in [0.25, 0.3) is 0 Å². The van der Waals surface area contributed by atoms with E-state index in [4.69, 9.17) is 4.74 Å². The second kappa shape index (κ2) is 11.0. The standard InChI is InChI=1S/C20H30N4O4S/c1-4-23(5-2)12-13-24-16-17(15-21-24)22-20(25)7-6-14-28-18-8-10-19(11-9-18)29(3,26)27/h8-11,15-16H,4-7,12-14H2,1-3H3,(H,22,25). The summed E-state index contributed by atoms with van der Waals surface area (Å²) in [5.74, 6) is 0.483. The van der Waals surface area contributed by atoms with E-state index in [1.165, 1.54) is 12.1 Å². The Morgan fingerprint density at radius 1 is 1.21 bits per heavy atom. The number of carbonyl (C=O) groups excluding carboxylic acids is 1. The Hall–Kier alpha value is -2.39. The maximum absolute atomic E-state index is 12.1. The van der Waals surface area contributed by atoms with Crippen LogP contribution in [0.1, 0.15) is 26.7 Å². The van der Waals surface area contributed by atoms with Crippen molar-refractivity contribution in [3.8, 4) is 5.75 Å². The zero-order chi connectivity index (χ0) is 21.3. The largest absolute Gasteiger partial charge is 0.494 e. The number of hydrogen-bond acceptors (Lipinski definition) is 6. The summed E-state index contributed by atoms with van der Waals surface area (Å²) in [5, 5.41) is 7.12. The summed E-state index contributed by atoms with van der Waals surface area (Å²) in [5.41, 5.74) is 0.687. The van der Waals surface area contributed by atoms with Crippen molar-refractivity contribution in [1.82, 2.24) is 14.7 Å². The lowest BCUT2D eigenvalue weighted by Gasteiger charge is -2.17. The number of ether oxygens (including phenoxy) is 1. The van der Waals surface area contributed by atoms with Gasteiger partial charge in [-0.1, -0.05) is 13.8 Å². The first kappa shape index (κ1) is 22.9. The molecule has 2 rings (SSSR count). The van der Waals surface area contributed by atoms with Gasteiger partial charge in [0.1, 0.15) is 5.75 Å². The minimum absolute atomic E-state index is 0.0932. The normalized spacial score (nSPS) is 11.6. The second-order valence-electron chi connectivity index (χ2n) is 6.76. The van der Waals surface area contributed by atoms with E-state index in [2.05, 4.69) is 29.2 Å².